The van der Waals surface area contributed by atoms with Crippen LogP contribution in [0.4, 0.5) is 9.59 Å². The number of carbonyl (C=O) groups is 6. The van der Waals surface area contributed by atoms with Gasteiger partial charge >= 0.3 is 12.2 Å². The third kappa shape index (κ3) is 8.00. The summed E-state index contributed by atoms with van der Waals surface area (Å²) in [6.45, 7) is 2.27. The quantitative estimate of drug-likeness (QED) is 0.330. The minimum absolute atomic E-state index is 0.205. The van der Waals surface area contributed by atoms with E-state index in [1.54, 1.807) is 18.2 Å². The molecule has 6 amide bonds. The summed E-state index contributed by atoms with van der Waals surface area (Å²) in [5, 5.41) is 13.3. The Morgan fingerprint density at radius 1 is 0.729 bits per heavy atom. The Balaban J connectivity index is 0.000000188. The topological polar surface area (TPSA) is 172 Å². The zero-order chi connectivity index (χ0) is 34.2. The van der Waals surface area contributed by atoms with Crippen molar-refractivity contribution in [2.45, 2.75) is 63.3 Å². The largest absolute Gasteiger partial charge is 0.439 e. The van der Waals surface area contributed by atoms with E-state index >= 15 is 0 Å². The number of piperidine rings is 2. The number of nitrogens with one attached hydrogen (secondary N) is 2. The predicted octanol–water partition coefficient (Wildman–Crippen LogP) is 2.08. The standard InChI is InChI=1S/C18H18N2O4.C17H16N2O5/c1-2-3-5-12-6-4-7-13(10-12)15-11-20(18(23)24-15)14-8-9-16(21)19-17(14)22;20-8-2-4-11-3-1-5-12(9-11)14-10-19(17(23)24-14)13-6-7-15(21)18-16(13)22/h4,6-7,10,14-15H,2,8-9,11H2,1H3,(H,19,21,22);1,3,5,9,13-14,20H,6-8,10H2,(H,18,21,22)/t14?,15-;/m1./s1. The van der Waals surface area contributed by atoms with Crippen LogP contribution in [0, 0.1) is 23.7 Å². The van der Waals surface area contributed by atoms with Crippen molar-refractivity contribution in [3.05, 3.63) is 70.8 Å². The summed E-state index contributed by atoms with van der Waals surface area (Å²) in [5.74, 6) is 9.89. The molecule has 13 nitrogen and oxygen atoms in total. The van der Waals surface area contributed by atoms with E-state index in [0.717, 1.165) is 23.1 Å². The third-order valence-electron chi connectivity index (χ3n) is 8.09. The maximum Gasteiger partial charge on any atom is 0.411 e. The van der Waals surface area contributed by atoms with E-state index in [2.05, 4.69) is 34.3 Å². The van der Waals surface area contributed by atoms with Gasteiger partial charge in [-0.05, 0) is 48.2 Å². The lowest BCUT2D eigenvalue weighted by Gasteiger charge is -2.27. The molecule has 0 spiro atoms. The van der Waals surface area contributed by atoms with Crippen LogP contribution < -0.4 is 10.6 Å². The smallest absolute Gasteiger partial charge is 0.411 e. The molecule has 3 N–H and O–H groups in total. The van der Waals surface area contributed by atoms with Gasteiger partial charge in [-0.1, -0.05) is 54.9 Å². The molecular formula is C35H34N4O9. The number of aliphatic hydroxyl groups is 1. The molecule has 248 valence electrons. The van der Waals surface area contributed by atoms with Gasteiger partial charge in [0.25, 0.3) is 0 Å². The SMILES string of the molecule is CCC#Cc1cccc([C@H]2CN(C3CCC(=O)NC3=O)C(=O)O2)c1.O=C1CCC(N2CC(c3cccc(C#CCO)c3)OC2=O)C(=O)N1. The number of imide groups is 2. The van der Waals surface area contributed by atoms with Crippen molar-refractivity contribution >= 4 is 35.8 Å². The molecule has 4 saturated heterocycles. The number of cyclic esters (lactones) is 2. The van der Waals surface area contributed by atoms with Gasteiger partial charge in [-0.3, -0.25) is 39.6 Å². The minimum atomic E-state index is -0.683. The highest BCUT2D eigenvalue weighted by Crippen LogP contribution is 2.31. The normalized spacial score (nSPS) is 23.4. The number of hydrogen-bond acceptors (Lipinski definition) is 9. The van der Waals surface area contributed by atoms with Gasteiger partial charge in [-0.2, -0.15) is 0 Å². The fourth-order valence-electron chi connectivity index (χ4n) is 5.74. The van der Waals surface area contributed by atoms with Crippen molar-refractivity contribution in [3.8, 4) is 23.7 Å². The van der Waals surface area contributed by atoms with Crippen molar-refractivity contribution in [3.63, 3.8) is 0 Å². The number of nitrogens with zero attached hydrogens (tertiary/aromatic N) is 2. The highest BCUT2D eigenvalue weighted by atomic mass is 16.6. The number of amides is 6. The Morgan fingerprint density at radius 2 is 1.19 bits per heavy atom. The Kier molecular flexibility index (Phi) is 10.7. The van der Waals surface area contributed by atoms with Gasteiger partial charge in [0.1, 0.15) is 30.9 Å². The summed E-state index contributed by atoms with van der Waals surface area (Å²) in [7, 11) is 0. The zero-order valence-corrected chi connectivity index (χ0v) is 26.2. The van der Waals surface area contributed by atoms with Gasteiger partial charge in [-0.15, -0.1) is 0 Å². The van der Waals surface area contributed by atoms with Gasteiger partial charge in [0.05, 0.1) is 13.1 Å². The second-order valence-electron chi connectivity index (χ2n) is 11.3. The minimum Gasteiger partial charge on any atom is -0.439 e. The van der Waals surface area contributed by atoms with Crippen LogP contribution in [0.2, 0.25) is 0 Å². The molecule has 48 heavy (non-hydrogen) atoms. The Hall–Kier alpha value is -5.66. The predicted molar refractivity (Wildman–Crippen MR) is 168 cm³/mol. The van der Waals surface area contributed by atoms with Crippen molar-refractivity contribution in [1.82, 2.24) is 20.4 Å². The van der Waals surface area contributed by atoms with E-state index in [1.807, 2.05) is 37.3 Å². The number of aliphatic hydroxyl groups excluding tert-OH is 1. The molecule has 4 heterocycles. The van der Waals surface area contributed by atoms with Crippen LogP contribution >= 0.6 is 0 Å². The van der Waals surface area contributed by atoms with E-state index in [1.165, 1.54) is 9.80 Å². The Bertz CT molecular complexity index is 1620. The molecule has 6 rings (SSSR count). The van der Waals surface area contributed by atoms with Crippen molar-refractivity contribution in [2.24, 2.45) is 0 Å². The number of benzene rings is 2. The number of ether oxygens (including phenoxy) is 2. The van der Waals surface area contributed by atoms with E-state index in [-0.39, 0.29) is 44.4 Å². The second kappa shape index (κ2) is 15.3. The van der Waals surface area contributed by atoms with Crippen LogP contribution in [0.15, 0.2) is 48.5 Å². The van der Waals surface area contributed by atoms with Crippen molar-refractivity contribution < 1.29 is 43.3 Å². The lowest BCUT2D eigenvalue weighted by atomic mass is 10.0. The van der Waals surface area contributed by atoms with Crippen LogP contribution in [0.5, 0.6) is 0 Å². The number of rotatable bonds is 4. The molecule has 2 aromatic carbocycles. The van der Waals surface area contributed by atoms with Crippen molar-refractivity contribution in [1.29, 1.82) is 0 Å². The molecule has 4 aliphatic heterocycles. The summed E-state index contributed by atoms with van der Waals surface area (Å²) >= 11 is 0. The molecule has 4 atom stereocenters. The lowest BCUT2D eigenvalue weighted by molar-refractivity contribution is -0.138. The van der Waals surface area contributed by atoms with E-state index in [9.17, 15) is 28.8 Å². The summed E-state index contributed by atoms with van der Waals surface area (Å²) < 4.78 is 10.8. The molecule has 0 aromatic heterocycles. The van der Waals surface area contributed by atoms with Gasteiger partial charge in [0.2, 0.25) is 23.6 Å². The maximum atomic E-state index is 12.2. The monoisotopic (exact) mass is 654 g/mol. The summed E-state index contributed by atoms with van der Waals surface area (Å²) in [4.78, 5) is 73.4. The average molecular weight is 655 g/mol. The Morgan fingerprint density at radius 3 is 1.60 bits per heavy atom. The molecule has 2 aromatic rings. The summed E-state index contributed by atoms with van der Waals surface area (Å²) in [6, 6.07) is 13.4. The lowest BCUT2D eigenvalue weighted by Crippen LogP contribution is -2.52. The molecule has 0 saturated carbocycles. The van der Waals surface area contributed by atoms with Crippen molar-refractivity contribution in [2.75, 3.05) is 19.7 Å². The summed E-state index contributed by atoms with van der Waals surface area (Å²) in [6.07, 6.45) is -0.204. The molecule has 0 aliphatic carbocycles. The molecule has 13 heteroatoms. The average Bonchev–Trinajstić information content (AvgIpc) is 3.65. The fourth-order valence-corrected chi connectivity index (χ4v) is 5.74. The first kappa shape index (κ1) is 33.7. The number of hydrogen-bond donors (Lipinski definition) is 3. The van der Waals surface area contributed by atoms with Gasteiger partial charge in [-0.25, -0.2) is 9.59 Å². The molecule has 4 fully saturated rings. The van der Waals surface area contributed by atoms with E-state index < -0.39 is 48.3 Å². The highest BCUT2D eigenvalue weighted by Gasteiger charge is 2.43. The Labute approximate surface area is 276 Å². The third-order valence-corrected chi connectivity index (χ3v) is 8.09. The fraction of sp³-hybridized carbons (Fsp3) is 0.371. The number of carbonyl (C=O) groups excluding carboxylic acids is 6. The van der Waals surface area contributed by atoms with E-state index in [0.29, 0.717) is 18.4 Å². The first-order valence-corrected chi connectivity index (χ1v) is 15.6. The van der Waals surface area contributed by atoms with Gasteiger partial charge < -0.3 is 14.6 Å². The van der Waals surface area contributed by atoms with Crippen LogP contribution in [0.3, 0.4) is 0 Å². The molecule has 3 unspecified atom stereocenters. The molecule has 0 radical (unpaired) electrons. The zero-order valence-electron chi connectivity index (χ0n) is 26.2. The van der Waals surface area contributed by atoms with Crippen LogP contribution in [-0.4, -0.2) is 82.5 Å². The maximum absolute atomic E-state index is 12.2. The second-order valence-corrected chi connectivity index (χ2v) is 11.3. The van der Waals surface area contributed by atoms with Crippen LogP contribution in [-0.2, 0) is 28.7 Å². The highest BCUT2D eigenvalue weighted by molar-refractivity contribution is 6.02. The molecule has 0 bridgehead atoms. The van der Waals surface area contributed by atoms with E-state index in [4.69, 9.17) is 14.6 Å². The molecule has 4 aliphatic rings. The van der Waals surface area contributed by atoms with Gasteiger partial charge in [0, 0.05) is 30.4 Å². The van der Waals surface area contributed by atoms with Crippen LogP contribution in [0.25, 0.3) is 0 Å². The summed E-state index contributed by atoms with van der Waals surface area (Å²) in [5.41, 5.74) is 3.19. The first-order valence-electron chi connectivity index (χ1n) is 15.6. The first-order chi connectivity index (χ1) is 23.2. The van der Waals surface area contributed by atoms with Gasteiger partial charge in [0.15, 0.2) is 0 Å². The van der Waals surface area contributed by atoms with Crippen LogP contribution in [0.1, 0.15) is 73.5 Å². The molecular weight excluding hydrogens is 620 g/mol.